The maximum Gasteiger partial charge on any atom is 0.349 e. The largest absolute Gasteiger partial charge is 0.478 e. The Morgan fingerprint density at radius 3 is 2.00 bits per heavy atom. The van der Waals surface area contributed by atoms with Gasteiger partial charge < -0.3 is 9.84 Å². The fraction of sp³-hybridized carbons (Fsp3) is 0.0714. The first-order valence-corrected chi connectivity index (χ1v) is 5.27. The van der Waals surface area contributed by atoms with E-state index in [2.05, 4.69) is 0 Å². The van der Waals surface area contributed by atoms with Crippen molar-refractivity contribution in [1.29, 1.82) is 0 Å². The van der Waals surface area contributed by atoms with Crippen molar-refractivity contribution in [1.82, 2.24) is 0 Å². The van der Waals surface area contributed by atoms with E-state index < -0.39 is 12.1 Å². The van der Waals surface area contributed by atoms with Crippen LogP contribution < -0.4 is 4.74 Å². The molecule has 1 N–H and O–H groups in total. The van der Waals surface area contributed by atoms with E-state index in [1.165, 1.54) is 0 Å². The molecule has 0 aliphatic carbocycles. The van der Waals surface area contributed by atoms with Crippen LogP contribution in [0.3, 0.4) is 0 Å². The van der Waals surface area contributed by atoms with Gasteiger partial charge >= 0.3 is 5.97 Å². The van der Waals surface area contributed by atoms with Crippen LogP contribution in [-0.2, 0) is 4.79 Å². The summed E-state index contributed by atoms with van der Waals surface area (Å²) in [6.07, 6.45) is -0.974. The molecule has 0 aliphatic heterocycles. The normalized spacial score (nSPS) is 11.8. The fourth-order valence-electron chi connectivity index (χ4n) is 1.52. The van der Waals surface area contributed by atoms with Gasteiger partial charge in [0.05, 0.1) is 0 Å². The van der Waals surface area contributed by atoms with Gasteiger partial charge in [-0.2, -0.15) is 0 Å². The third kappa shape index (κ3) is 2.84. The van der Waals surface area contributed by atoms with Crippen molar-refractivity contribution in [2.24, 2.45) is 0 Å². The number of benzene rings is 2. The SMILES string of the molecule is O=C(O)C(Oc1ccccc1)c1ccccc1. The highest BCUT2D eigenvalue weighted by Crippen LogP contribution is 2.21. The van der Waals surface area contributed by atoms with Crippen molar-refractivity contribution in [2.45, 2.75) is 6.10 Å². The third-order valence-corrected chi connectivity index (χ3v) is 2.32. The average molecular weight is 228 g/mol. The van der Waals surface area contributed by atoms with E-state index in [1.54, 1.807) is 48.5 Å². The van der Waals surface area contributed by atoms with Gasteiger partial charge in [-0.15, -0.1) is 0 Å². The van der Waals surface area contributed by atoms with Crippen molar-refractivity contribution in [3.63, 3.8) is 0 Å². The maximum absolute atomic E-state index is 11.2. The number of carbonyl (C=O) groups is 1. The van der Waals surface area contributed by atoms with E-state index in [-0.39, 0.29) is 0 Å². The number of carboxylic acids is 1. The third-order valence-electron chi connectivity index (χ3n) is 2.32. The van der Waals surface area contributed by atoms with Gasteiger partial charge in [-0.25, -0.2) is 4.79 Å². The average Bonchev–Trinajstić information content (AvgIpc) is 2.38. The molecule has 1 unspecified atom stereocenters. The van der Waals surface area contributed by atoms with Gasteiger partial charge in [0.15, 0.2) is 0 Å². The predicted molar refractivity (Wildman–Crippen MR) is 63.9 cm³/mol. The molecule has 2 rings (SSSR count). The molecule has 3 nitrogen and oxygen atoms in total. The van der Waals surface area contributed by atoms with Crippen molar-refractivity contribution >= 4 is 5.97 Å². The van der Waals surface area contributed by atoms with E-state index in [9.17, 15) is 4.79 Å². The number of rotatable bonds is 4. The molecule has 0 saturated heterocycles. The molecule has 0 amide bonds. The second-order valence-electron chi connectivity index (χ2n) is 3.56. The molecule has 2 aromatic rings. The van der Waals surface area contributed by atoms with Crippen LogP contribution in [0.1, 0.15) is 11.7 Å². The Hall–Kier alpha value is -2.29. The summed E-state index contributed by atoms with van der Waals surface area (Å²) in [5, 5.41) is 9.16. The number of aliphatic carboxylic acids is 1. The minimum absolute atomic E-state index is 0.545. The molecular formula is C14H12O3. The Morgan fingerprint density at radius 1 is 0.941 bits per heavy atom. The Labute approximate surface area is 99.3 Å². The number of ether oxygens (including phenoxy) is 1. The van der Waals surface area contributed by atoms with Crippen LogP contribution in [0.2, 0.25) is 0 Å². The predicted octanol–water partition coefficient (Wildman–Crippen LogP) is 2.89. The molecule has 1 atom stereocenters. The van der Waals surface area contributed by atoms with Crippen LogP contribution in [0.4, 0.5) is 0 Å². The smallest absolute Gasteiger partial charge is 0.349 e. The molecule has 0 spiro atoms. The van der Waals surface area contributed by atoms with Crippen LogP contribution in [0.5, 0.6) is 5.75 Å². The van der Waals surface area contributed by atoms with E-state index in [4.69, 9.17) is 9.84 Å². The minimum Gasteiger partial charge on any atom is -0.478 e. The minimum atomic E-state index is -1.000. The van der Waals surface area contributed by atoms with Crippen molar-refractivity contribution < 1.29 is 14.6 Å². The van der Waals surface area contributed by atoms with Crippen LogP contribution in [-0.4, -0.2) is 11.1 Å². The van der Waals surface area contributed by atoms with E-state index in [0.29, 0.717) is 11.3 Å². The van der Waals surface area contributed by atoms with Gasteiger partial charge in [0.1, 0.15) is 5.75 Å². The molecule has 0 heterocycles. The Kier molecular flexibility index (Phi) is 3.40. The molecule has 0 radical (unpaired) electrons. The van der Waals surface area contributed by atoms with E-state index in [1.807, 2.05) is 12.1 Å². The van der Waals surface area contributed by atoms with Crippen molar-refractivity contribution in [3.8, 4) is 5.75 Å². The molecule has 17 heavy (non-hydrogen) atoms. The van der Waals surface area contributed by atoms with Crippen LogP contribution in [0.25, 0.3) is 0 Å². The lowest BCUT2D eigenvalue weighted by atomic mass is 10.1. The summed E-state index contributed by atoms with van der Waals surface area (Å²) in [5.74, 6) is -0.455. The van der Waals surface area contributed by atoms with Gasteiger partial charge in [-0.3, -0.25) is 0 Å². The highest BCUT2D eigenvalue weighted by Gasteiger charge is 2.21. The first kappa shape index (κ1) is 11.2. The quantitative estimate of drug-likeness (QED) is 0.875. The highest BCUT2D eigenvalue weighted by atomic mass is 16.5. The topological polar surface area (TPSA) is 46.5 Å². The number of hydrogen-bond donors (Lipinski definition) is 1. The molecule has 2 aromatic carbocycles. The first-order chi connectivity index (χ1) is 8.27. The number of para-hydroxylation sites is 1. The highest BCUT2D eigenvalue weighted by molar-refractivity contribution is 5.74. The molecule has 0 bridgehead atoms. The monoisotopic (exact) mass is 228 g/mol. The summed E-state index contributed by atoms with van der Waals surface area (Å²) in [7, 11) is 0. The molecule has 3 heteroatoms. The summed E-state index contributed by atoms with van der Waals surface area (Å²) in [4.78, 5) is 11.2. The fourth-order valence-corrected chi connectivity index (χ4v) is 1.52. The molecule has 86 valence electrons. The van der Waals surface area contributed by atoms with Gasteiger partial charge in [-0.05, 0) is 12.1 Å². The zero-order chi connectivity index (χ0) is 12.1. The lowest BCUT2D eigenvalue weighted by molar-refractivity contribution is -0.145. The molecule has 0 saturated carbocycles. The summed E-state index contributed by atoms with van der Waals surface area (Å²) < 4.78 is 5.46. The zero-order valence-electron chi connectivity index (χ0n) is 9.11. The molecule has 0 aromatic heterocycles. The summed E-state index contributed by atoms with van der Waals surface area (Å²) >= 11 is 0. The van der Waals surface area contributed by atoms with Crippen LogP contribution in [0, 0.1) is 0 Å². The summed E-state index contributed by atoms with van der Waals surface area (Å²) in [5.41, 5.74) is 0.629. The Balaban J connectivity index is 2.23. The first-order valence-electron chi connectivity index (χ1n) is 5.27. The zero-order valence-corrected chi connectivity index (χ0v) is 9.11. The van der Waals surface area contributed by atoms with Crippen molar-refractivity contribution in [2.75, 3.05) is 0 Å². The molecule has 0 fully saturated rings. The number of carboxylic acid groups (broad SMARTS) is 1. The summed E-state index contributed by atoms with van der Waals surface area (Å²) in [6, 6.07) is 17.8. The molecular weight excluding hydrogens is 216 g/mol. The van der Waals surface area contributed by atoms with Gasteiger partial charge in [0, 0.05) is 5.56 Å². The van der Waals surface area contributed by atoms with Crippen LogP contribution >= 0.6 is 0 Å². The van der Waals surface area contributed by atoms with Crippen molar-refractivity contribution in [3.05, 3.63) is 66.2 Å². The second-order valence-corrected chi connectivity index (χ2v) is 3.56. The van der Waals surface area contributed by atoms with Crippen LogP contribution in [0.15, 0.2) is 60.7 Å². The lowest BCUT2D eigenvalue weighted by Crippen LogP contribution is -2.17. The van der Waals surface area contributed by atoms with Gasteiger partial charge in [0.25, 0.3) is 0 Å². The van der Waals surface area contributed by atoms with Gasteiger partial charge in [0.2, 0.25) is 6.10 Å². The summed E-state index contributed by atoms with van der Waals surface area (Å²) in [6.45, 7) is 0. The standard InChI is InChI=1S/C14H12O3/c15-14(16)13(11-7-3-1-4-8-11)17-12-9-5-2-6-10-12/h1-10,13H,(H,15,16). The van der Waals surface area contributed by atoms with E-state index >= 15 is 0 Å². The Morgan fingerprint density at radius 2 is 1.47 bits per heavy atom. The van der Waals surface area contributed by atoms with E-state index in [0.717, 1.165) is 0 Å². The Bertz CT molecular complexity index is 479. The lowest BCUT2D eigenvalue weighted by Gasteiger charge is -2.15. The second kappa shape index (κ2) is 5.16. The van der Waals surface area contributed by atoms with Gasteiger partial charge in [-0.1, -0.05) is 48.5 Å². The maximum atomic E-state index is 11.2. The number of hydrogen-bond acceptors (Lipinski definition) is 2. The molecule has 0 aliphatic rings.